The molecule has 1 saturated carbocycles. The fourth-order valence-electron chi connectivity index (χ4n) is 0.204. The summed E-state index contributed by atoms with van der Waals surface area (Å²) >= 11 is 0. The fraction of sp³-hybridized carbons (Fsp3) is 0.500. The van der Waals surface area contributed by atoms with Crippen LogP contribution in [-0.2, 0) is 23.4 Å². The molecule has 0 aromatic rings. The second-order valence-corrected chi connectivity index (χ2v) is 1.39. The van der Waals surface area contributed by atoms with E-state index < -0.39 is 0 Å². The number of carbonyl (C=O) groups excluding carboxylic acids is 1. The van der Waals surface area contributed by atoms with Crippen molar-refractivity contribution in [1.82, 2.24) is 0 Å². The van der Waals surface area contributed by atoms with Gasteiger partial charge in [0.15, 0.2) is 0 Å². The van der Waals surface area contributed by atoms with Crippen molar-refractivity contribution in [3.63, 3.8) is 0 Å². The molecule has 0 atom stereocenters. The summed E-state index contributed by atoms with van der Waals surface area (Å²) in [6.45, 7) is 2.81. The van der Waals surface area contributed by atoms with Gasteiger partial charge < -0.3 is 18.1 Å². The zero-order valence-corrected chi connectivity index (χ0v) is 10.9. The normalized spacial score (nSPS) is 12.0. The molecule has 0 bridgehead atoms. The molecule has 0 aromatic carbocycles. The Kier molecular flexibility index (Phi) is 29.7. The summed E-state index contributed by atoms with van der Waals surface area (Å²) in [7, 11) is 0. The molecular weight excluding hydrogens is 377 g/mol. The molecule has 1 fully saturated rings. The van der Waals surface area contributed by atoms with Gasteiger partial charge in [-0.25, -0.2) is 0 Å². The van der Waals surface area contributed by atoms with Gasteiger partial charge in [-0.1, -0.05) is 0 Å². The van der Waals surface area contributed by atoms with Gasteiger partial charge in [0.05, 0.1) is 0 Å². The zero-order chi connectivity index (χ0) is 5.54. The van der Waals surface area contributed by atoms with E-state index in [4.69, 9.17) is 4.79 Å². The van der Waals surface area contributed by atoms with E-state index >= 15 is 0 Å². The Balaban J connectivity index is -0.0000000680. The van der Waals surface area contributed by atoms with E-state index in [1.165, 1.54) is 19.3 Å². The average Bonchev–Trinajstić information content (AvgIpc) is 1.27. The molecule has 0 aromatic heterocycles. The van der Waals surface area contributed by atoms with Crippen molar-refractivity contribution in [1.29, 1.82) is 0 Å². The van der Waals surface area contributed by atoms with Gasteiger partial charge in [0.25, 0.3) is 0 Å². The minimum atomic E-state index is 0. The van der Waals surface area contributed by atoms with E-state index in [0.29, 0.717) is 6.29 Å². The van der Waals surface area contributed by atoms with Crippen LogP contribution in [-0.4, -0.2) is 6.29 Å². The first-order valence-electron chi connectivity index (χ1n) is 2.46. The van der Waals surface area contributed by atoms with E-state index in [2.05, 4.69) is 13.3 Å². The summed E-state index contributed by atoms with van der Waals surface area (Å²) < 4.78 is 0. The summed E-state index contributed by atoms with van der Waals surface area (Å²) in [5.41, 5.74) is 0. The van der Waals surface area contributed by atoms with Gasteiger partial charge in [0.1, 0.15) is 0 Å². The first-order chi connectivity index (χ1) is 3.41. The smallest absolute Gasteiger partial charge is 0 e. The van der Waals surface area contributed by atoms with Crippen molar-refractivity contribution in [2.75, 3.05) is 0 Å². The van der Waals surface area contributed by atoms with E-state index in [9.17, 15) is 0 Å². The van der Waals surface area contributed by atoms with Gasteiger partial charge >= 0.3 is 0 Å². The molecule has 51 valence electrons. The molecular formula is C6H10OUV-2. The number of rotatable bonds is 0. The second kappa shape index (κ2) is 16.1. The van der Waals surface area contributed by atoms with Gasteiger partial charge in [-0.2, -0.15) is 12.8 Å². The van der Waals surface area contributed by atoms with Crippen molar-refractivity contribution in [2.45, 2.75) is 19.3 Å². The molecule has 0 saturated heterocycles. The van der Waals surface area contributed by atoms with E-state index in [1.54, 1.807) is 0 Å². The Morgan fingerprint density at radius 1 is 1.44 bits per heavy atom. The molecule has 0 unspecified atom stereocenters. The topological polar surface area (TPSA) is 17.1 Å². The van der Waals surface area contributed by atoms with Crippen LogP contribution in [0.5, 0.6) is 0 Å². The maximum absolute atomic E-state index is 8.69. The van der Waals surface area contributed by atoms with Gasteiger partial charge in [-0.15, -0.1) is 6.42 Å². The van der Waals surface area contributed by atoms with E-state index in [0.717, 1.165) is 0 Å². The standard InChI is InChI=1S/C4H7.C2H3O.U.V/c1-2-4-3-1;1-2-3;;/h1H,2-4H2;2H,1H2;;/q2*-1;;. The van der Waals surface area contributed by atoms with Crippen LogP contribution in [0, 0.1) is 44.5 Å². The fourth-order valence-corrected chi connectivity index (χ4v) is 0.204. The van der Waals surface area contributed by atoms with Crippen LogP contribution in [0.1, 0.15) is 19.3 Å². The number of hydrogen-bond acceptors (Lipinski definition) is 1. The van der Waals surface area contributed by atoms with Crippen LogP contribution in [0.2, 0.25) is 0 Å². The molecule has 1 aliphatic carbocycles. The monoisotopic (exact) mass is 387 g/mol. The summed E-state index contributed by atoms with van der Waals surface area (Å²) in [5.74, 6) is 0. The van der Waals surface area contributed by atoms with Crippen LogP contribution in [0.3, 0.4) is 0 Å². The summed E-state index contributed by atoms with van der Waals surface area (Å²) in [6, 6.07) is 0. The van der Waals surface area contributed by atoms with Crippen LogP contribution >= 0.6 is 0 Å². The maximum Gasteiger partial charge on any atom is 0 e. The third kappa shape index (κ3) is 17.6. The van der Waals surface area contributed by atoms with Crippen molar-refractivity contribution < 1.29 is 54.5 Å². The van der Waals surface area contributed by atoms with E-state index in [1.807, 2.05) is 0 Å². The van der Waals surface area contributed by atoms with E-state index in [-0.39, 0.29) is 49.7 Å². The summed E-state index contributed by atoms with van der Waals surface area (Å²) in [6.07, 6.45) is 7.00. The average molecular weight is 387 g/mol. The molecule has 0 N–H and O–H groups in total. The van der Waals surface area contributed by atoms with Gasteiger partial charge in [-0.3, -0.25) is 0 Å². The second-order valence-electron chi connectivity index (χ2n) is 1.39. The number of hydrogen-bond donors (Lipinski definition) is 0. The Labute approximate surface area is 92.6 Å². The van der Waals surface area contributed by atoms with Crippen molar-refractivity contribution in [2.24, 2.45) is 0 Å². The molecule has 9 heavy (non-hydrogen) atoms. The van der Waals surface area contributed by atoms with Gasteiger partial charge in [-0.05, 0) is 6.29 Å². The Hall–Kier alpha value is 1.18. The van der Waals surface area contributed by atoms with Crippen LogP contribution in [0.15, 0.2) is 0 Å². The minimum absolute atomic E-state index is 0. The predicted octanol–water partition coefficient (Wildman–Crippen LogP) is 1.39. The van der Waals surface area contributed by atoms with Crippen molar-refractivity contribution in [3.8, 4) is 0 Å². The van der Waals surface area contributed by atoms with Crippen LogP contribution in [0.4, 0.5) is 0 Å². The van der Waals surface area contributed by atoms with Crippen LogP contribution in [0.25, 0.3) is 0 Å². The molecule has 0 aliphatic heterocycles. The Morgan fingerprint density at radius 3 is 1.56 bits per heavy atom. The molecule has 0 amide bonds. The zero-order valence-electron chi connectivity index (χ0n) is 5.34. The van der Waals surface area contributed by atoms with Crippen molar-refractivity contribution >= 4 is 6.29 Å². The third-order valence-corrected chi connectivity index (χ3v) is 0.816. The van der Waals surface area contributed by atoms with Gasteiger partial charge in [0.2, 0.25) is 0 Å². The summed E-state index contributed by atoms with van der Waals surface area (Å²) in [4.78, 5) is 8.69. The molecule has 1 radical (unpaired) electrons. The predicted molar refractivity (Wildman–Crippen MR) is 29.6 cm³/mol. The first kappa shape index (κ1) is 16.6. The SMILES string of the molecule is [CH-]1CCC1.[CH2-]C=O.[U].[V]. The van der Waals surface area contributed by atoms with Gasteiger partial charge in [0, 0.05) is 49.7 Å². The third-order valence-electron chi connectivity index (χ3n) is 0.816. The molecule has 1 aliphatic rings. The first-order valence-corrected chi connectivity index (χ1v) is 2.46. The Bertz CT molecular complexity index is 42.3. The van der Waals surface area contributed by atoms with Crippen LogP contribution < -0.4 is 0 Å². The molecule has 0 spiro atoms. The number of aldehydes is 1. The molecule has 1 nitrogen and oxygen atoms in total. The molecule has 1 rings (SSSR count). The summed E-state index contributed by atoms with van der Waals surface area (Å²) in [5, 5.41) is 0. The molecule has 0 heterocycles. The maximum atomic E-state index is 8.69. The largest absolute Gasteiger partial charge is 0.343 e. The quantitative estimate of drug-likeness (QED) is 0.454. The molecule has 3 heteroatoms. The Morgan fingerprint density at radius 2 is 1.56 bits per heavy atom. The minimum Gasteiger partial charge on any atom is -0.343 e. The number of carbonyl (C=O) groups is 1. The van der Waals surface area contributed by atoms with Crippen molar-refractivity contribution in [3.05, 3.63) is 13.3 Å².